The molecule has 1 saturated carbocycles. The first-order valence-corrected chi connectivity index (χ1v) is 9.55. The molecule has 1 aromatic heterocycles. The molecule has 122 valence electrons. The third kappa shape index (κ3) is 2.69. The summed E-state index contributed by atoms with van der Waals surface area (Å²) in [4.78, 5) is 35.5. The van der Waals surface area contributed by atoms with Crippen LogP contribution in [-0.2, 0) is 4.74 Å². The van der Waals surface area contributed by atoms with Crippen molar-refractivity contribution in [1.29, 1.82) is 0 Å². The molecule has 1 aromatic rings. The Morgan fingerprint density at radius 2 is 2.09 bits per heavy atom. The lowest BCUT2D eigenvalue weighted by Crippen LogP contribution is -2.29. The Bertz CT molecular complexity index is 682. The molecule has 3 rings (SSSR count). The van der Waals surface area contributed by atoms with Gasteiger partial charge in [0, 0.05) is 23.5 Å². The summed E-state index contributed by atoms with van der Waals surface area (Å²) in [6.07, 6.45) is 5.54. The second-order valence-corrected chi connectivity index (χ2v) is 8.96. The van der Waals surface area contributed by atoms with Crippen LogP contribution in [-0.4, -0.2) is 37.4 Å². The van der Waals surface area contributed by atoms with Crippen LogP contribution in [0.2, 0.25) is 0 Å². The quantitative estimate of drug-likeness (QED) is 0.820. The number of ether oxygens (including phenoxy) is 1. The largest absolute Gasteiger partial charge is 0.354 e. The van der Waals surface area contributed by atoms with Crippen molar-refractivity contribution in [2.24, 2.45) is 17.8 Å². The highest BCUT2D eigenvalue weighted by atomic mass is 31.2. The molecule has 22 heavy (non-hydrogen) atoms. The molecular formula is C15H23N2O4P. The molecule has 2 N–H and O–H groups in total. The van der Waals surface area contributed by atoms with E-state index in [0.717, 1.165) is 6.42 Å². The SMILES string of the molecule is C=P(O)(O)C1CC1C1OC(n2ccc(C)nc2=O)C(C)C1C. The van der Waals surface area contributed by atoms with Crippen LogP contribution in [0, 0.1) is 24.7 Å². The van der Waals surface area contributed by atoms with Gasteiger partial charge in [0.2, 0.25) is 0 Å². The summed E-state index contributed by atoms with van der Waals surface area (Å²) < 4.78 is 7.67. The first kappa shape index (κ1) is 15.9. The van der Waals surface area contributed by atoms with Gasteiger partial charge in [-0.2, -0.15) is 4.98 Å². The Balaban J connectivity index is 1.82. The van der Waals surface area contributed by atoms with Gasteiger partial charge in [-0.3, -0.25) is 4.57 Å². The Hall–Kier alpha value is -0.940. The Labute approximate surface area is 129 Å². The van der Waals surface area contributed by atoms with E-state index in [9.17, 15) is 14.6 Å². The fraction of sp³-hybridized carbons (Fsp3) is 0.667. The highest BCUT2D eigenvalue weighted by Gasteiger charge is 2.55. The molecule has 0 amide bonds. The van der Waals surface area contributed by atoms with Gasteiger partial charge >= 0.3 is 5.69 Å². The number of hydrogen-bond donors (Lipinski definition) is 2. The second-order valence-electron chi connectivity index (χ2n) is 6.72. The molecule has 7 heteroatoms. The summed E-state index contributed by atoms with van der Waals surface area (Å²) in [5.74, 6) is 0.514. The van der Waals surface area contributed by atoms with E-state index in [2.05, 4.69) is 25.1 Å². The van der Waals surface area contributed by atoms with Crippen molar-refractivity contribution in [3.63, 3.8) is 0 Å². The fourth-order valence-corrected chi connectivity index (χ4v) is 4.86. The second kappa shape index (κ2) is 5.31. The number of aromatic nitrogens is 2. The zero-order valence-electron chi connectivity index (χ0n) is 13.1. The average Bonchev–Trinajstić information content (AvgIpc) is 3.15. The summed E-state index contributed by atoms with van der Waals surface area (Å²) in [5, 5.41) is 0. The summed E-state index contributed by atoms with van der Waals surface area (Å²) in [6, 6.07) is 1.80. The van der Waals surface area contributed by atoms with Crippen LogP contribution in [0.4, 0.5) is 0 Å². The monoisotopic (exact) mass is 326 g/mol. The third-order valence-electron chi connectivity index (χ3n) is 5.10. The molecular weight excluding hydrogens is 303 g/mol. The van der Waals surface area contributed by atoms with Gasteiger partial charge in [0.1, 0.15) is 13.6 Å². The first-order chi connectivity index (χ1) is 10.2. The smallest absolute Gasteiger partial charge is 0.349 e. The summed E-state index contributed by atoms with van der Waals surface area (Å²) in [5.41, 5.74) is 0.227. The predicted octanol–water partition coefficient (Wildman–Crippen LogP) is 1.37. The molecule has 0 radical (unpaired) electrons. The lowest BCUT2D eigenvalue weighted by molar-refractivity contribution is -0.0248. The Morgan fingerprint density at radius 1 is 1.41 bits per heavy atom. The maximum absolute atomic E-state index is 12.1. The summed E-state index contributed by atoms with van der Waals surface area (Å²) in [7, 11) is -3.05. The normalized spacial score (nSPS) is 38.2. The van der Waals surface area contributed by atoms with Crippen LogP contribution < -0.4 is 5.69 Å². The van der Waals surface area contributed by atoms with Gasteiger partial charge in [-0.25, -0.2) is 4.79 Å². The molecule has 0 bridgehead atoms. The van der Waals surface area contributed by atoms with Crippen LogP contribution in [0.1, 0.15) is 32.2 Å². The van der Waals surface area contributed by atoms with Crippen molar-refractivity contribution in [3.8, 4) is 0 Å². The van der Waals surface area contributed by atoms with Gasteiger partial charge in [-0.05, 0) is 31.2 Å². The van der Waals surface area contributed by atoms with Crippen molar-refractivity contribution in [1.82, 2.24) is 9.55 Å². The molecule has 0 spiro atoms. The van der Waals surface area contributed by atoms with Gasteiger partial charge in [0.25, 0.3) is 0 Å². The van der Waals surface area contributed by atoms with Gasteiger partial charge in [0.15, 0.2) is 0 Å². The standard InChI is InChI=1S/C15H23N2O4P/c1-8-5-6-17(15(18)16-8)14-10(3)9(2)13(21-14)11-7-12(11)22(4,19)20/h5-6,9-14,19-20H,4,7H2,1-3H3. The molecule has 2 fully saturated rings. The van der Waals surface area contributed by atoms with Crippen molar-refractivity contribution < 1.29 is 14.5 Å². The van der Waals surface area contributed by atoms with E-state index >= 15 is 0 Å². The fourth-order valence-electron chi connectivity index (χ4n) is 3.50. The van der Waals surface area contributed by atoms with Crippen LogP contribution in [0.15, 0.2) is 17.1 Å². The minimum absolute atomic E-state index is 0.0707. The van der Waals surface area contributed by atoms with Crippen molar-refractivity contribution in [2.75, 3.05) is 0 Å². The van der Waals surface area contributed by atoms with Crippen molar-refractivity contribution in [3.05, 3.63) is 28.4 Å². The molecule has 6 atom stereocenters. The molecule has 2 aliphatic rings. The highest BCUT2D eigenvalue weighted by Crippen LogP contribution is 2.62. The van der Waals surface area contributed by atoms with E-state index in [1.807, 2.05) is 0 Å². The molecule has 1 aliphatic heterocycles. The zero-order valence-corrected chi connectivity index (χ0v) is 14.0. The number of hydrogen-bond acceptors (Lipinski definition) is 5. The van der Waals surface area contributed by atoms with Crippen LogP contribution >= 0.6 is 7.34 Å². The van der Waals surface area contributed by atoms with Gasteiger partial charge < -0.3 is 14.5 Å². The summed E-state index contributed by atoms with van der Waals surface area (Å²) >= 11 is 0. The van der Waals surface area contributed by atoms with E-state index in [-0.39, 0.29) is 41.4 Å². The number of aryl methyl sites for hydroxylation is 1. The van der Waals surface area contributed by atoms with Gasteiger partial charge in [-0.1, -0.05) is 20.1 Å². The van der Waals surface area contributed by atoms with E-state index in [1.165, 1.54) is 4.57 Å². The van der Waals surface area contributed by atoms with E-state index < -0.39 is 7.34 Å². The topological polar surface area (TPSA) is 84.6 Å². The van der Waals surface area contributed by atoms with Crippen LogP contribution in [0.3, 0.4) is 0 Å². The Kier molecular flexibility index (Phi) is 3.84. The van der Waals surface area contributed by atoms with Crippen molar-refractivity contribution in [2.45, 2.75) is 45.2 Å². The first-order valence-electron chi connectivity index (χ1n) is 7.60. The van der Waals surface area contributed by atoms with E-state index in [1.54, 1.807) is 19.2 Å². The summed E-state index contributed by atoms with van der Waals surface area (Å²) in [6.45, 7) is 5.93. The predicted molar refractivity (Wildman–Crippen MR) is 85.8 cm³/mol. The molecule has 6 nitrogen and oxygen atoms in total. The van der Waals surface area contributed by atoms with Crippen molar-refractivity contribution >= 4 is 13.6 Å². The number of rotatable bonds is 3. The zero-order chi connectivity index (χ0) is 16.2. The average molecular weight is 326 g/mol. The third-order valence-corrected chi connectivity index (χ3v) is 6.75. The van der Waals surface area contributed by atoms with Crippen LogP contribution in [0.5, 0.6) is 0 Å². The maximum Gasteiger partial charge on any atom is 0.349 e. The lowest BCUT2D eigenvalue weighted by atomic mass is 9.90. The Morgan fingerprint density at radius 3 is 2.64 bits per heavy atom. The molecule has 2 heterocycles. The minimum Gasteiger partial charge on any atom is -0.354 e. The number of nitrogens with zero attached hydrogens (tertiary/aromatic N) is 2. The van der Waals surface area contributed by atoms with E-state index in [0.29, 0.717) is 5.69 Å². The van der Waals surface area contributed by atoms with Crippen LogP contribution in [0.25, 0.3) is 0 Å². The molecule has 1 aliphatic carbocycles. The molecule has 0 aromatic carbocycles. The molecule has 1 saturated heterocycles. The van der Waals surface area contributed by atoms with Gasteiger partial charge in [0.05, 0.1) is 6.10 Å². The maximum atomic E-state index is 12.1. The van der Waals surface area contributed by atoms with E-state index in [4.69, 9.17) is 4.74 Å². The highest BCUT2D eigenvalue weighted by molar-refractivity contribution is 7.63. The minimum atomic E-state index is -3.05. The molecule has 6 unspecified atom stereocenters. The lowest BCUT2D eigenvalue weighted by Gasteiger charge is -2.18. The van der Waals surface area contributed by atoms with Gasteiger partial charge in [-0.15, -0.1) is 0 Å².